The molecule has 0 spiro atoms. The lowest BCUT2D eigenvalue weighted by molar-refractivity contribution is 0.0731. The van der Waals surface area contributed by atoms with Crippen LogP contribution in [0.1, 0.15) is 28.9 Å². The Bertz CT molecular complexity index is 1360. The highest BCUT2D eigenvalue weighted by Gasteiger charge is 2.33. The van der Waals surface area contributed by atoms with Gasteiger partial charge in [-0.15, -0.1) is 11.3 Å². The third-order valence-corrected chi connectivity index (χ3v) is 6.79. The van der Waals surface area contributed by atoms with E-state index in [9.17, 15) is 9.18 Å². The number of hydrogen-bond acceptors (Lipinski definition) is 5. The fourth-order valence-electron chi connectivity index (χ4n) is 4.34. The minimum atomic E-state index is -0.395. The lowest BCUT2D eigenvalue weighted by Crippen LogP contribution is -2.41. The predicted molar refractivity (Wildman–Crippen MR) is 133 cm³/mol. The number of halogens is 1. The van der Waals surface area contributed by atoms with Crippen molar-refractivity contribution in [1.29, 1.82) is 5.41 Å². The summed E-state index contributed by atoms with van der Waals surface area (Å²) in [5.74, 6) is -0.539. The maximum Gasteiger partial charge on any atom is 0.273 e. The van der Waals surface area contributed by atoms with Gasteiger partial charge in [-0.05, 0) is 42.8 Å². The van der Waals surface area contributed by atoms with Gasteiger partial charge >= 0.3 is 0 Å². The van der Waals surface area contributed by atoms with Gasteiger partial charge in [0.05, 0.1) is 5.71 Å². The van der Waals surface area contributed by atoms with Crippen LogP contribution in [0.4, 0.5) is 4.39 Å². The number of rotatable bonds is 7. The molecule has 4 aromatic rings. The number of imidazole rings is 1. The number of amides is 1. The van der Waals surface area contributed by atoms with Crippen molar-refractivity contribution in [2.75, 3.05) is 13.1 Å². The maximum atomic E-state index is 14.6. The van der Waals surface area contributed by atoms with E-state index in [2.05, 4.69) is 10.3 Å². The molecule has 5 rings (SSSR count). The van der Waals surface area contributed by atoms with Gasteiger partial charge in [0.2, 0.25) is 0 Å². The third-order valence-electron chi connectivity index (χ3n) is 6.04. The fourth-order valence-corrected chi connectivity index (χ4v) is 5.06. The zero-order valence-corrected chi connectivity index (χ0v) is 19.3. The topological polar surface area (TPSA) is 73.5 Å². The van der Waals surface area contributed by atoms with Gasteiger partial charge in [-0.2, -0.15) is 0 Å². The summed E-state index contributed by atoms with van der Waals surface area (Å²) in [5.41, 5.74) is 2.37. The second kappa shape index (κ2) is 9.61. The number of benzene rings is 2. The molecule has 2 aromatic heterocycles. The van der Waals surface area contributed by atoms with Crippen molar-refractivity contribution in [2.45, 2.75) is 18.9 Å². The van der Waals surface area contributed by atoms with Crippen LogP contribution in [-0.2, 0) is 0 Å². The minimum absolute atomic E-state index is 0.000662. The molecule has 172 valence electrons. The predicted octanol–water partition coefficient (Wildman–Crippen LogP) is 4.98. The van der Waals surface area contributed by atoms with Gasteiger partial charge in [-0.1, -0.05) is 42.5 Å². The fraction of sp³-hybridized carbons (Fsp3) is 0.192. The van der Waals surface area contributed by atoms with E-state index in [-0.39, 0.29) is 11.9 Å². The SMILES string of the molecule is N=C(/C=C\NC[C@@H]1CCCN1C(=O)c1c(-c2ccccc2F)nc2sccn12)c1ccccc1. The molecular formula is C26H24FN5OS. The molecule has 1 fully saturated rings. The number of hydrogen-bond donors (Lipinski definition) is 2. The molecule has 1 atom stereocenters. The molecule has 1 saturated heterocycles. The number of nitrogens with zero attached hydrogens (tertiary/aromatic N) is 3. The van der Waals surface area contributed by atoms with Crippen LogP contribution in [0.25, 0.3) is 16.2 Å². The first kappa shape index (κ1) is 22.0. The van der Waals surface area contributed by atoms with Crippen LogP contribution < -0.4 is 5.32 Å². The van der Waals surface area contributed by atoms with E-state index in [1.54, 1.807) is 34.9 Å². The lowest BCUT2D eigenvalue weighted by atomic mass is 10.1. The summed E-state index contributed by atoms with van der Waals surface area (Å²) in [5, 5.41) is 13.3. The molecule has 0 bridgehead atoms. The van der Waals surface area contributed by atoms with Crippen molar-refractivity contribution in [1.82, 2.24) is 19.6 Å². The highest BCUT2D eigenvalue weighted by atomic mass is 32.1. The summed E-state index contributed by atoms with van der Waals surface area (Å²) in [6.45, 7) is 1.22. The number of allylic oxidation sites excluding steroid dienone is 1. The Hall–Kier alpha value is -3.78. The van der Waals surface area contributed by atoms with E-state index in [1.165, 1.54) is 17.4 Å². The first-order valence-electron chi connectivity index (χ1n) is 11.2. The van der Waals surface area contributed by atoms with Gasteiger partial charge in [-0.3, -0.25) is 9.20 Å². The van der Waals surface area contributed by atoms with Crippen LogP contribution in [0.2, 0.25) is 0 Å². The molecular weight excluding hydrogens is 449 g/mol. The maximum absolute atomic E-state index is 14.6. The summed E-state index contributed by atoms with van der Waals surface area (Å²) in [4.78, 5) is 20.8. The van der Waals surface area contributed by atoms with Gasteiger partial charge in [0.15, 0.2) is 4.96 Å². The summed E-state index contributed by atoms with van der Waals surface area (Å²) in [6, 6.07) is 16.0. The molecule has 1 aliphatic rings. The van der Waals surface area contributed by atoms with E-state index in [0.717, 1.165) is 18.4 Å². The number of carbonyl (C=O) groups excluding carboxylic acids is 1. The van der Waals surface area contributed by atoms with E-state index < -0.39 is 5.82 Å². The molecule has 0 unspecified atom stereocenters. The molecule has 0 radical (unpaired) electrons. The summed E-state index contributed by atoms with van der Waals surface area (Å²) >= 11 is 1.42. The first-order chi connectivity index (χ1) is 16.6. The van der Waals surface area contributed by atoms with Gasteiger partial charge in [0, 0.05) is 36.3 Å². The molecule has 2 N–H and O–H groups in total. The third kappa shape index (κ3) is 4.24. The number of fused-ring (bicyclic) bond motifs is 1. The molecule has 1 aliphatic heterocycles. The zero-order valence-electron chi connectivity index (χ0n) is 18.4. The van der Waals surface area contributed by atoms with Gasteiger partial charge in [0.1, 0.15) is 17.2 Å². The Morgan fingerprint density at radius 2 is 2.00 bits per heavy atom. The Kier molecular flexibility index (Phi) is 6.22. The van der Waals surface area contributed by atoms with Crippen molar-refractivity contribution >= 4 is 27.9 Å². The van der Waals surface area contributed by atoms with Crippen LogP contribution >= 0.6 is 11.3 Å². The van der Waals surface area contributed by atoms with Crippen LogP contribution in [0.15, 0.2) is 78.5 Å². The van der Waals surface area contributed by atoms with Gasteiger partial charge in [-0.25, -0.2) is 9.37 Å². The zero-order chi connectivity index (χ0) is 23.5. The molecule has 2 aromatic carbocycles. The highest BCUT2D eigenvalue weighted by molar-refractivity contribution is 7.15. The minimum Gasteiger partial charge on any atom is -0.389 e. The Balaban J connectivity index is 1.34. The van der Waals surface area contributed by atoms with Crippen LogP contribution in [-0.4, -0.2) is 45.0 Å². The molecule has 0 aliphatic carbocycles. The van der Waals surface area contributed by atoms with Crippen molar-refractivity contribution in [3.63, 3.8) is 0 Å². The first-order valence-corrected chi connectivity index (χ1v) is 12.1. The Morgan fingerprint density at radius 3 is 2.82 bits per heavy atom. The number of nitrogens with one attached hydrogen (secondary N) is 2. The van der Waals surface area contributed by atoms with Gasteiger partial charge < -0.3 is 15.6 Å². The van der Waals surface area contributed by atoms with Crippen molar-refractivity contribution in [3.8, 4) is 11.3 Å². The number of thiazole rings is 1. The Morgan fingerprint density at radius 1 is 1.21 bits per heavy atom. The normalized spacial score (nSPS) is 15.9. The van der Waals surface area contributed by atoms with E-state index in [1.807, 2.05) is 46.8 Å². The number of likely N-dealkylation sites (tertiary alicyclic amines) is 1. The lowest BCUT2D eigenvalue weighted by Gasteiger charge is -2.25. The van der Waals surface area contributed by atoms with Crippen LogP contribution in [0, 0.1) is 11.2 Å². The molecule has 0 saturated carbocycles. The van der Waals surface area contributed by atoms with Crippen molar-refractivity contribution < 1.29 is 9.18 Å². The van der Waals surface area contributed by atoms with Crippen LogP contribution in [0.3, 0.4) is 0 Å². The average molecular weight is 474 g/mol. The van der Waals surface area contributed by atoms with E-state index >= 15 is 0 Å². The van der Waals surface area contributed by atoms with E-state index in [0.29, 0.717) is 40.7 Å². The summed E-state index contributed by atoms with van der Waals surface area (Å²) in [6.07, 6.45) is 7.08. The van der Waals surface area contributed by atoms with Crippen molar-refractivity contribution in [3.05, 3.63) is 95.5 Å². The number of aromatic nitrogens is 2. The summed E-state index contributed by atoms with van der Waals surface area (Å²) < 4.78 is 16.4. The molecule has 1 amide bonds. The van der Waals surface area contributed by atoms with Crippen LogP contribution in [0.5, 0.6) is 0 Å². The monoisotopic (exact) mass is 473 g/mol. The number of carbonyl (C=O) groups is 1. The second-order valence-electron chi connectivity index (χ2n) is 8.16. The van der Waals surface area contributed by atoms with Gasteiger partial charge in [0.25, 0.3) is 5.91 Å². The highest BCUT2D eigenvalue weighted by Crippen LogP contribution is 2.31. The largest absolute Gasteiger partial charge is 0.389 e. The van der Waals surface area contributed by atoms with Crippen molar-refractivity contribution in [2.24, 2.45) is 0 Å². The molecule has 34 heavy (non-hydrogen) atoms. The average Bonchev–Trinajstić information content (AvgIpc) is 3.58. The second-order valence-corrected chi connectivity index (χ2v) is 9.03. The Labute approximate surface area is 200 Å². The molecule has 8 heteroatoms. The molecule has 6 nitrogen and oxygen atoms in total. The summed E-state index contributed by atoms with van der Waals surface area (Å²) in [7, 11) is 0. The smallest absolute Gasteiger partial charge is 0.273 e. The molecule has 3 heterocycles. The van der Waals surface area contributed by atoms with E-state index in [4.69, 9.17) is 5.41 Å². The standard InChI is InChI=1S/C26H24FN5OS/c27-21-11-5-4-10-20(21)23-24(32-15-16-34-26(32)30-23)25(33)31-14-6-9-19(31)17-29-13-12-22(28)18-7-2-1-3-8-18/h1-5,7-8,10-13,15-16,19,28-29H,6,9,14,17H2/b13-12-,28-22?/t19-/m0/s1. The quantitative estimate of drug-likeness (QED) is 0.372.